The number of benzene rings is 1. The van der Waals surface area contributed by atoms with Crippen LogP contribution >= 0.6 is 0 Å². The predicted molar refractivity (Wildman–Crippen MR) is 90.6 cm³/mol. The number of rotatable bonds is 5. The molecule has 0 saturated heterocycles. The van der Waals surface area contributed by atoms with Gasteiger partial charge in [-0.15, -0.1) is 0 Å². The van der Waals surface area contributed by atoms with Crippen LogP contribution in [0.1, 0.15) is 12.5 Å². The van der Waals surface area contributed by atoms with Crippen molar-refractivity contribution in [1.82, 2.24) is 9.97 Å². The molecule has 0 aliphatic carbocycles. The van der Waals surface area contributed by atoms with Gasteiger partial charge in [-0.05, 0) is 35.7 Å². The van der Waals surface area contributed by atoms with Crippen LogP contribution in [0.15, 0.2) is 30.6 Å². The van der Waals surface area contributed by atoms with Gasteiger partial charge < -0.3 is 19.2 Å². The van der Waals surface area contributed by atoms with Crippen LogP contribution in [-0.4, -0.2) is 31.3 Å². The van der Waals surface area contributed by atoms with Gasteiger partial charge in [0.15, 0.2) is 11.5 Å². The van der Waals surface area contributed by atoms with E-state index in [2.05, 4.69) is 23.0 Å². The third-order valence-electron chi connectivity index (χ3n) is 4.00. The Morgan fingerprint density at radius 2 is 1.65 bits per heavy atom. The van der Waals surface area contributed by atoms with E-state index in [0.29, 0.717) is 17.2 Å². The molecule has 0 aliphatic rings. The van der Waals surface area contributed by atoms with Gasteiger partial charge in [-0.2, -0.15) is 0 Å². The first-order chi connectivity index (χ1) is 11.2. The molecule has 0 atom stereocenters. The molecule has 0 bridgehead atoms. The molecule has 5 heteroatoms. The highest BCUT2D eigenvalue weighted by atomic mass is 16.5. The second-order valence-electron chi connectivity index (χ2n) is 5.20. The minimum atomic E-state index is 0.587. The van der Waals surface area contributed by atoms with Gasteiger partial charge in [-0.1, -0.05) is 6.92 Å². The van der Waals surface area contributed by atoms with Crippen LogP contribution < -0.4 is 14.2 Å². The minimum Gasteiger partial charge on any atom is -0.493 e. The summed E-state index contributed by atoms with van der Waals surface area (Å²) in [5, 5.41) is 1.14. The second-order valence-corrected chi connectivity index (χ2v) is 5.20. The summed E-state index contributed by atoms with van der Waals surface area (Å²) in [6.07, 6.45) is 4.82. The molecule has 0 fully saturated rings. The molecule has 2 heterocycles. The number of aryl methyl sites for hydroxylation is 1. The quantitative estimate of drug-likeness (QED) is 0.778. The van der Waals surface area contributed by atoms with E-state index in [-0.39, 0.29) is 0 Å². The highest BCUT2D eigenvalue weighted by molar-refractivity contribution is 5.85. The molecule has 3 aromatic rings. The number of aromatic amines is 1. The van der Waals surface area contributed by atoms with Crippen LogP contribution in [0.2, 0.25) is 0 Å². The van der Waals surface area contributed by atoms with Gasteiger partial charge in [0.2, 0.25) is 5.75 Å². The third-order valence-corrected chi connectivity index (χ3v) is 4.00. The standard InChI is InChI=1S/C18H20N2O3/c1-5-11-9-19-18-14(11)6-13(10-20-18)12-7-15(21-2)17(23-4)16(8-12)22-3/h6-10H,5H2,1-4H3,(H,19,20). The largest absolute Gasteiger partial charge is 0.493 e. The Kier molecular flexibility index (Phi) is 4.10. The average molecular weight is 312 g/mol. The SMILES string of the molecule is CCc1c[nH]c2ncc(-c3cc(OC)c(OC)c(OC)c3)cc12. The number of methoxy groups -OCH3 is 3. The summed E-state index contributed by atoms with van der Waals surface area (Å²) in [5.74, 6) is 1.85. The van der Waals surface area contributed by atoms with Crippen molar-refractivity contribution < 1.29 is 14.2 Å². The van der Waals surface area contributed by atoms with Crippen molar-refractivity contribution in [2.75, 3.05) is 21.3 Å². The van der Waals surface area contributed by atoms with Crippen LogP contribution in [-0.2, 0) is 6.42 Å². The van der Waals surface area contributed by atoms with E-state index in [1.54, 1.807) is 21.3 Å². The fourth-order valence-electron chi connectivity index (χ4n) is 2.76. The van der Waals surface area contributed by atoms with E-state index >= 15 is 0 Å². The number of hydrogen-bond donors (Lipinski definition) is 1. The van der Waals surface area contributed by atoms with Gasteiger partial charge in [0, 0.05) is 23.3 Å². The Labute approximate surface area is 135 Å². The Balaban J connectivity index is 2.17. The van der Waals surface area contributed by atoms with E-state index in [0.717, 1.165) is 28.6 Å². The maximum Gasteiger partial charge on any atom is 0.203 e. The number of pyridine rings is 1. The van der Waals surface area contributed by atoms with Crippen LogP contribution in [0.3, 0.4) is 0 Å². The van der Waals surface area contributed by atoms with Crippen LogP contribution in [0.25, 0.3) is 22.2 Å². The van der Waals surface area contributed by atoms with Crippen LogP contribution in [0, 0.1) is 0 Å². The van der Waals surface area contributed by atoms with Crippen molar-refractivity contribution in [2.45, 2.75) is 13.3 Å². The normalized spacial score (nSPS) is 10.8. The number of hydrogen-bond acceptors (Lipinski definition) is 4. The molecule has 120 valence electrons. The smallest absolute Gasteiger partial charge is 0.203 e. The lowest BCUT2D eigenvalue weighted by atomic mass is 10.0. The summed E-state index contributed by atoms with van der Waals surface area (Å²) >= 11 is 0. The summed E-state index contributed by atoms with van der Waals surface area (Å²) in [5.41, 5.74) is 4.13. The van der Waals surface area contributed by atoms with E-state index in [4.69, 9.17) is 14.2 Å². The molecular formula is C18H20N2O3. The van der Waals surface area contributed by atoms with Gasteiger partial charge in [-0.25, -0.2) is 4.98 Å². The van der Waals surface area contributed by atoms with Gasteiger partial charge in [0.1, 0.15) is 5.65 Å². The zero-order valence-electron chi connectivity index (χ0n) is 13.8. The average Bonchev–Trinajstić information content (AvgIpc) is 3.02. The molecule has 5 nitrogen and oxygen atoms in total. The summed E-state index contributed by atoms with van der Waals surface area (Å²) in [6.45, 7) is 2.13. The zero-order chi connectivity index (χ0) is 16.4. The molecule has 0 amide bonds. The number of ether oxygens (including phenoxy) is 3. The lowest BCUT2D eigenvalue weighted by Crippen LogP contribution is -1.96. The minimum absolute atomic E-state index is 0.587. The molecule has 0 radical (unpaired) electrons. The molecule has 0 saturated carbocycles. The number of H-pyrrole nitrogens is 1. The van der Waals surface area contributed by atoms with Crippen molar-refractivity contribution in [3.8, 4) is 28.4 Å². The summed E-state index contributed by atoms with van der Waals surface area (Å²) in [7, 11) is 4.83. The molecular weight excluding hydrogens is 292 g/mol. The van der Waals surface area contributed by atoms with Crippen LogP contribution in [0.5, 0.6) is 17.2 Å². The molecule has 3 rings (SSSR count). The van der Waals surface area contributed by atoms with E-state index in [1.165, 1.54) is 5.56 Å². The fraction of sp³-hybridized carbons (Fsp3) is 0.278. The second kappa shape index (κ2) is 6.20. The zero-order valence-corrected chi connectivity index (χ0v) is 13.8. The van der Waals surface area contributed by atoms with Gasteiger partial charge in [0.25, 0.3) is 0 Å². The maximum absolute atomic E-state index is 5.43. The van der Waals surface area contributed by atoms with Gasteiger partial charge in [0.05, 0.1) is 21.3 Å². The van der Waals surface area contributed by atoms with Gasteiger partial charge >= 0.3 is 0 Å². The first kappa shape index (κ1) is 15.2. The summed E-state index contributed by atoms with van der Waals surface area (Å²) < 4.78 is 16.2. The molecule has 0 aliphatic heterocycles. The topological polar surface area (TPSA) is 56.4 Å². The number of nitrogens with one attached hydrogen (secondary N) is 1. The summed E-state index contributed by atoms with van der Waals surface area (Å²) in [6, 6.07) is 6.00. The third kappa shape index (κ3) is 2.59. The van der Waals surface area contributed by atoms with E-state index in [1.807, 2.05) is 24.5 Å². The lowest BCUT2D eigenvalue weighted by molar-refractivity contribution is 0.324. The highest BCUT2D eigenvalue weighted by Gasteiger charge is 2.15. The monoisotopic (exact) mass is 312 g/mol. The first-order valence-corrected chi connectivity index (χ1v) is 7.48. The van der Waals surface area contributed by atoms with E-state index in [9.17, 15) is 0 Å². The fourth-order valence-corrected chi connectivity index (χ4v) is 2.76. The summed E-state index contributed by atoms with van der Waals surface area (Å²) in [4.78, 5) is 7.71. The van der Waals surface area contributed by atoms with Crippen molar-refractivity contribution in [1.29, 1.82) is 0 Å². The van der Waals surface area contributed by atoms with Crippen molar-refractivity contribution in [3.05, 3.63) is 36.2 Å². The van der Waals surface area contributed by atoms with Crippen LogP contribution in [0.4, 0.5) is 0 Å². The Morgan fingerprint density at radius 3 is 2.22 bits per heavy atom. The maximum atomic E-state index is 5.43. The highest BCUT2D eigenvalue weighted by Crippen LogP contribution is 2.41. The first-order valence-electron chi connectivity index (χ1n) is 7.48. The van der Waals surface area contributed by atoms with Gasteiger partial charge in [-0.3, -0.25) is 0 Å². The molecule has 0 spiro atoms. The molecule has 1 N–H and O–H groups in total. The number of fused-ring (bicyclic) bond motifs is 1. The van der Waals surface area contributed by atoms with E-state index < -0.39 is 0 Å². The lowest BCUT2D eigenvalue weighted by Gasteiger charge is -2.14. The Bertz CT molecular complexity index is 814. The van der Waals surface area contributed by atoms with Crippen molar-refractivity contribution >= 4 is 11.0 Å². The Hall–Kier alpha value is -2.69. The van der Waals surface area contributed by atoms with Crippen molar-refractivity contribution in [2.24, 2.45) is 0 Å². The predicted octanol–water partition coefficient (Wildman–Crippen LogP) is 3.82. The molecule has 23 heavy (non-hydrogen) atoms. The molecule has 1 aromatic carbocycles. The van der Waals surface area contributed by atoms with Crippen molar-refractivity contribution in [3.63, 3.8) is 0 Å². The number of nitrogens with zero attached hydrogens (tertiary/aromatic N) is 1. The Morgan fingerprint density at radius 1 is 0.957 bits per heavy atom. The number of aromatic nitrogens is 2. The molecule has 2 aromatic heterocycles. The molecule has 0 unspecified atom stereocenters.